The van der Waals surface area contributed by atoms with Gasteiger partial charge in [-0.25, -0.2) is 0 Å². The number of aryl methyl sites for hydroxylation is 1. The Kier molecular flexibility index (Phi) is 3.33. The van der Waals surface area contributed by atoms with Crippen molar-refractivity contribution in [2.24, 2.45) is 5.73 Å². The van der Waals surface area contributed by atoms with E-state index in [1.165, 1.54) is 5.56 Å². The Labute approximate surface area is 91.1 Å². The molecular formula is C12H17N3. The van der Waals surface area contributed by atoms with Crippen LogP contribution in [-0.2, 0) is 0 Å². The molecule has 0 aliphatic rings. The van der Waals surface area contributed by atoms with E-state index in [4.69, 9.17) is 11.0 Å². The molecule has 0 saturated heterocycles. The highest BCUT2D eigenvalue weighted by Crippen LogP contribution is 2.15. The molecule has 3 heteroatoms. The lowest BCUT2D eigenvalue weighted by Crippen LogP contribution is -2.45. The van der Waals surface area contributed by atoms with Gasteiger partial charge in [0.05, 0.1) is 6.07 Å². The van der Waals surface area contributed by atoms with Crippen molar-refractivity contribution in [1.29, 1.82) is 5.26 Å². The number of nitrogens with zero attached hydrogens (tertiary/aromatic N) is 2. The van der Waals surface area contributed by atoms with Crippen LogP contribution in [0.15, 0.2) is 24.3 Å². The molecule has 0 amide bonds. The lowest BCUT2D eigenvalue weighted by atomic mass is 10.1. The SMILES string of the molecule is Cc1cccc(N(C)CC(C)(N)C#N)c1. The van der Waals surface area contributed by atoms with Gasteiger partial charge in [-0.1, -0.05) is 12.1 Å². The summed E-state index contributed by atoms with van der Waals surface area (Å²) >= 11 is 0. The maximum absolute atomic E-state index is 8.84. The number of anilines is 1. The first kappa shape index (κ1) is 11.5. The second-order valence-corrected chi connectivity index (χ2v) is 4.22. The van der Waals surface area contributed by atoms with Crippen LogP contribution in [0.1, 0.15) is 12.5 Å². The van der Waals surface area contributed by atoms with E-state index < -0.39 is 5.54 Å². The fraction of sp³-hybridized carbons (Fsp3) is 0.417. The summed E-state index contributed by atoms with van der Waals surface area (Å²) in [6.45, 7) is 4.30. The van der Waals surface area contributed by atoms with Crippen molar-refractivity contribution in [2.75, 3.05) is 18.5 Å². The predicted octanol–water partition coefficient (Wildman–Crippen LogP) is 1.67. The Bertz CT molecular complexity index is 377. The van der Waals surface area contributed by atoms with Gasteiger partial charge in [0, 0.05) is 19.3 Å². The van der Waals surface area contributed by atoms with Crippen molar-refractivity contribution in [1.82, 2.24) is 0 Å². The smallest absolute Gasteiger partial charge is 0.119 e. The monoisotopic (exact) mass is 203 g/mol. The molecule has 3 nitrogen and oxygen atoms in total. The quantitative estimate of drug-likeness (QED) is 0.813. The van der Waals surface area contributed by atoms with Crippen molar-refractivity contribution in [3.05, 3.63) is 29.8 Å². The zero-order chi connectivity index (χ0) is 11.5. The van der Waals surface area contributed by atoms with Crippen molar-refractivity contribution < 1.29 is 0 Å². The minimum absolute atomic E-state index is 0.521. The summed E-state index contributed by atoms with van der Waals surface area (Å²) in [7, 11) is 1.94. The number of nitrogens with two attached hydrogens (primary N) is 1. The van der Waals surface area contributed by atoms with E-state index in [2.05, 4.69) is 12.1 Å². The minimum atomic E-state index is -0.807. The second-order valence-electron chi connectivity index (χ2n) is 4.22. The third-order valence-electron chi connectivity index (χ3n) is 2.26. The highest BCUT2D eigenvalue weighted by molar-refractivity contribution is 5.48. The van der Waals surface area contributed by atoms with Gasteiger partial charge in [0.1, 0.15) is 5.54 Å². The lowest BCUT2D eigenvalue weighted by molar-refractivity contribution is 0.593. The van der Waals surface area contributed by atoms with Crippen molar-refractivity contribution in [3.8, 4) is 6.07 Å². The standard InChI is InChI=1S/C12H17N3/c1-10-5-4-6-11(7-10)15(3)9-12(2,14)8-13/h4-7H,9,14H2,1-3H3. The number of hydrogen-bond donors (Lipinski definition) is 1. The molecule has 0 heterocycles. The van der Waals surface area contributed by atoms with E-state index >= 15 is 0 Å². The predicted molar refractivity (Wildman–Crippen MR) is 62.7 cm³/mol. The number of hydrogen-bond acceptors (Lipinski definition) is 3. The largest absolute Gasteiger partial charge is 0.372 e. The summed E-state index contributed by atoms with van der Waals surface area (Å²) in [6.07, 6.45) is 0. The van der Waals surface area contributed by atoms with Crippen LogP contribution in [-0.4, -0.2) is 19.1 Å². The molecule has 0 radical (unpaired) electrons. The van der Waals surface area contributed by atoms with E-state index in [0.717, 1.165) is 5.69 Å². The Morgan fingerprint density at radius 3 is 2.73 bits per heavy atom. The van der Waals surface area contributed by atoms with Crippen LogP contribution in [0.5, 0.6) is 0 Å². The molecule has 0 fully saturated rings. The molecule has 0 bridgehead atoms. The van der Waals surface area contributed by atoms with Gasteiger partial charge in [-0.3, -0.25) is 0 Å². The van der Waals surface area contributed by atoms with Gasteiger partial charge in [0.15, 0.2) is 0 Å². The van der Waals surface area contributed by atoms with Gasteiger partial charge < -0.3 is 10.6 Å². The Balaban J connectivity index is 2.78. The third kappa shape index (κ3) is 3.26. The van der Waals surface area contributed by atoms with Gasteiger partial charge >= 0.3 is 0 Å². The number of benzene rings is 1. The topological polar surface area (TPSA) is 53.0 Å². The van der Waals surface area contributed by atoms with Crippen LogP contribution in [0.4, 0.5) is 5.69 Å². The number of rotatable bonds is 3. The highest BCUT2D eigenvalue weighted by atomic mass is 15.1. The summed E-state index contributed by atoms with van der Waals surface area (Å²) in [5.74, 6) is 0. The van der Waals surface area contributed by atoms with E-state index in [9.17, 15) is 0 Å². The van der Waals surface area contributed by atoms with Gasteiger partial charge in [0.2, 0.25) is 0 Å². The average molecular weight is 203 g/mol. The normalized spacial score (nSPS) is 14.1. The molecule has 1 unspecified atom stereocenters. The molecular weight excluding hydrogens is 186 g/mol. The zero-order valence-electron chi connectivity index (χ0n) is 9.49. The first-order valence-corrected chi connectivity index (χ1v) is 4.92. The number of likely N-dealkylation sites (N-methyl/N-ethyl adjacent to an activating group) is 1. The molecule has 1 aromatic carbocycles. The Morgan fingerprint density at radius 1 is 1.53 bits per heavy atom. The van der Waals surface area contributed by atoms with Crippen LogP contribution >= 0.6 is 0 Å². The van der Waals surface area contributed by atoms with E-state index in [-0.39, 0.29) is 0 Å². The zero-order valence-corrected chi connectivity index (χ0v) is 9.49. The Hall–Kier alpha value is -1.53. The molecule has 80 valence electrons. The molecule has 2 N–H and O–H groups in total. The van der Waals surface area contributed by atoms with Crippen molar-refractivity contribution >= 4 is 5.69 Å². The van der Waals surface area contributed by atoms with Gasteiger partial charge in [-0.2, -0.15) is 5.26 Å². The van der Waals surface area contributed by atoms with E-state index in [0.29, 0.717) is 6.54 Å². The number of nitriles is 1. The Morgan fingerprint density at radius 2 is 2.20 bits per heavy atom. The molecule has 15 heavy (non-hydrogen) atoms. The third-order valence-corrected chi connectivity index (χ3v) is 2.26. The van der Waals surface area contributed by atoms with Gasteiger partial charge in [0.25, 0.3) is 0 Å². The molecule has 0 saturated carbocycles. The maximum atomic E-state index is 8.84. The van der Waals surface area contributed by atoms with Crippen LogP contribution in [0.3, 0.4) is 0 Å². The first-order chi connectivity index (χ1) is 6.94. The highest BCUT2D eigenvalue weighted by Gasteiger charge is 2.19. The maximum Gasteiger partial charge on any atom is 0.119 e. The fourth-order valence-electron chi connectivity index (χ4n) is 1.48. The summed E-state index contributed by atoms with van der Waals surface area (Å²) in [5.41, 5.74) is 7.27. The fourth-order valence-corrected chi connectivity index (χ4v) is 1.48. The van der Waals surface area contributed by atoms with Crippen LogP contribution in [0.25, 0.3) is 0 Å². The van der Waals surface area contributed by atoms with E-state index in [1.54, 1.807) is 6.92 Å². The molecule has 0 spiro atoms. The second kappa shape index (κ2) is 4.33. The molecule has 1 rings (SSSR count). The van der Waals surface area contributed by atoms with E-state index in [1.807, 2.05) is 37.1 Å². The molecule has 0 aliphatic heterocycles. The van der Waals surface area contributed by atoms with Crippen LogP contribution < -0.4 is 10.6 Å². The van der Waals surface area contributed by atoms with Gasteiger partial charge in [-0.15, -0.1) is 0 Å². The van der Waals surface area contributed by atoms with Crippen molar-refractivity contribution in [2.45, 2.75) is 19.4 Å². The summed E-state index contributed by atoms with van der Waals surface area (Å²) in [5, 5.41) is 8.84. The lowest BCUT2D eigenvalue weighted by Gasteiger charge is -2.26. The molecule has 1 aromatic rings. The molecule has 0 aromatic heterocycles. The first-order valence-electron chi connectivity index (χ1n) is 4.92. The van der Waals surface area contributed by atoms with Crippen molar-refractivity contribution in [3.63, 3.8) is 0 Å². The van der Waals surface area contributed by atoms with Crippen LogP contribution in [0.2, 0.25) is 0 Å². The summed E-state index contributed by atoms with van der Waals surface area (Å²) < 4.78 is 0. The van der Waals surface area contributed by atoms with Gasteiger partial charge in [-0.05, 0) is 31.5 Å². The molecule has 1 atom stereocenters. The minimum Gasteiger partial charge on any atom is -0.372 e. The average Bonchev–Trinajstić information content (AvgIpc) is 2.17. The summed E-state index contributed by atoms with van der Waals surface area (Å²) in [6, 6.07) is 10.2. The molecule has 0 aliphatic carbocycles. The van der Waals surface area contributed by atoms with Crippen LogP contribution in [0, 0.1) is 18.3 Å². The summed E-state index contributed by atoms with van der Waals surface area (Å²) in [4.78, 5) is 2.00.